The van der Waals surface area contributed by atoms with Crippen molar-refractivity contribution in [1.82, 2.24) is 0 Å². The average molecular weight is 440 g/mol. The second-order valence-electron chi connectivity index (χ2n) is 9.29. The van der Waals surface area contributed by atoms with Crippen LogP contribution in [0.25, 0.3) is 0 Å². The summed E-state index contributed by atoms with van der Waals surface area (Å²) in [4.78, 5) is 12.5. The fraction of sp³-hybridized carbons (Fsp3) is 0.400. The van der Waals surface area contributed by atoms with E-state index in [0.29, 0.717) is 5.69 Å². The maximum Gasteiger partial charge on any atom is 0.330 e. The molecule has 4 rings (SSSR count). The number of hydrogen-bond acceptors (Lipinski definition) is 4. The van der Waals surface area contributed by atoms with Crippen LogP contribution in [0.4, 0.5) is 5.69 Å². The number of esters is 1. The first kappa shape index (κ1) is 21.6. The molecule has 2 aliphatic carbocycles. The van der Waals surface area contributed by atoms with E-state index in [-0.39, 0.29) is 21.6 Å². The van der Waals surface area contributed by atoms with Crippen LogP contribution in [-0.2, 0) is 19.6 Å². The van der Waals surface area contributed by atoms with E-state index in [9.17, 15) is 13.2 Å². The van der Waals surface area contributed by atoms with Gasteiger partial charge in [-0.15, -0.1) is 0 Å². The van der Waals surface area contributed by atoms with E-state index in [4.69, 9.17) is 4.74 Å². The number of carbonyl (C=O) groups excluding carboxylic acids is 1. The third-order valence-electron chi connectivity index (χ3n) is 7.72. The van der Waals surface area contributed by atoms with Crippen LogP contribution in [0, 0.1) is 16.7 Å². The van der Waals surface area contributed by atoms with Crippen LogP contribution in [0.1, 0.15) is 33.6 Å². The largest absolute Gasteiger partial charge is 0.456 e. The summed E-state index contributed by atoms with van der Waals surface area (Å²) in [6, 6.07) is 17.1. The predicted octanol–water partition coefficient (Wildman–Crippen LogP) is 4.80. The van der Waals surface area contributed by atoms with Gasteiger partial charge in [-0.05, 0) is 48.4 Å². The first-order chi connectivity index (χ1) is 14.6. The van der Waals surface area contributed by atoms with Crippen molar-refractivity contribution < 1.29 is 17.9 Å². The van der Waals surface area contributed by atoms with Crippen LogP contribution in [-0.4, -0.2) is 26.5 Å². The van der Waals surface area contributed by atoms with E-state index in [2.05, 4.69) is 27.4 Å². The van der Waals surface area contributed by atoms with Crippen molar-refractivity contribution in [1.29, 1.82) is 0 Å². The molecule has 0 radical (unpaired) electrons. The number of ether oxygens (including phenoxy) is 1. The first-order valence-electron chi connectivity index (χ1n) is 10.6. The highest BCUT2D eigenvalue weighted by Crippen LogP contribution is 2.67. The maximum absolute atomic E-state index is 14.0. The summed E-state index contributed by atoms with van der Waals surface area (Å²) < 4.78 is 35.4. The summed E-state index contributed by atoms with van der Waals surface area (Å²) in [6.07, 6.45) is 2.33. The molecule has 2 aromatic carbocycles. The zero-order chi connectivity index (χ0) is 22.4. The number of rotatable bonds is 6. The van der Waals surface area contributed by atoms with Gasteiger partial charge in [0.1, 0.15) is 6.10 Å². The predicted molar refractivity (Wildman–Crippen MR) is 121 cm³/mol. The molecule has 0 heterocycles. The SMILES string of the molecule is C=CC(=O)OC1C(N(c2ccccc2)S(=O)(=O)c2ccccc2)C2CCC1(C)C2(C)C. The zero-order valence-corrected chi connectivity index (χ0v) is 19.0. The number of carbonyl (C=O) groups is 1. The van der Waals surface area contributed by atoms with Gasteiger partial charge in [0.15, 0.2) is 0 Å². The highest BCUT2D eigenvalue weighted by molar-refractivity contribution is 7.92. The van der Waals surface area contributed by atoms with E-state index >= 15 is 0 Å². The minimum absolute atomic E-state index is 0.0406. The van der Waals surface area contributed by atoms with Crippen LogP contribution in [0.3, 0.4) is 0 Å². The second-order valence-corrected chi connectivity index (χ2v) is 11.1. The lowest BCUT2D eigenvalue weighted by Crippen LogP contribution is -2.53. The minimum Gasteiger partial charge on any atom is -0.456 e. The van der Waals surface area contributed by atoms with Gasteiger partial charge in [0, 0.05) is 11.5 Å². The van der Waals surface area contributed by atoms with E-state index in [1.54, 1.807) is 42.5 Å². The Balaban J connectivity index is 1.92. The van der Waals surface area contributed by atoms with Gasteiger partial charge in [-0.1, -0.05) is 63.7 Å². The summed E-state index contributed by atoms with van der Waals surface area (Å²) in [5, 5.41) is 0. The molecule has 4 atom stereocenters. The summed E-state index contributed by atoms with van der Waals surface area (Å²) >= 11 is 0. The summed E-state index contributed by atoms with van der Waals surface area (Å²) in [5.41, 5.74) is 0.0199. The van der Waals surface area contributed by atoms with Crippen molar-refractivity contribution in [2.24, 2.45) is 16.7 Å². The molecule has 2 aliphatic rings. The van der Waals surface area contributed by atoms with Crippen LogP contribution in [0.2, 0.25) is 0 Å². The molecular formula is C25H29NO4S. The Kier molecular flexibility index (Phi) is 5.24. The third-order valence-corrected chi connectivity index (χ3v) is 9.56. The Morgan fingerprint density at radius 2 is 1.65 bits per heavy atom. The first-order valence-corrected chi connectivity index (χ1v) is 12.1. The van der Waals surface area contributed by atoms with Crippen molar-refractivity contribution in [2.45, 2.75) is 50.7 Å². The molecular weight excluding hydrogens is 410 g/mol. The van der Waals surface area contributed by atoms with Gasteiger partial charge in [0.2, 0.25) is 0 Å². The number of hydrogen-bond donors (Lipinski definition) is 0. The average Bonchev–Trinajstić information content (AvgIpc) is 3.08. The standard InChI is InChI=1S/C25H29NO4S/c1-5-21(27)30-23-22(20-16-17-25(23,4)24(20,2)3)26(18-12-8-6-9-13-18)31(28,29)19-14-10-7-11-15-19/h5-15,20,22-23H,1,16-17H2,2-4H3. The Bertz CT molecular complexity index is 1080. The van der Waals surface area contributed by atoms with E-state index < -0.39 is 28.1 Å². The van der Waals surface area contributed by atoms with Gasteiger partial charge in [-0.2, -0.15) is 0 Å². The molecule has 0 aliphatic heterocycles. The molecule has 2 fully saturated rings. The van der Waals surface area contributed by atoms with E-state index in [1.165, 1.54) is 4.31 Å². The lowest BCUT2D eigenvalue weighted by atomic mass is 9.70. The van der Waals surface area contributed by atoms with Crippen LogP contribution >= 0.6 is 0 Å². The van der Waals surface area contributed by atoms with Crippen LogP contribution in [0.5, 0.6) is 0 Å². The number of benzene rings is 2. The number of sulfonamides is 1. The molecule has 0 spiro atoms. The lowest BCUT2D eigenvalue weighted by Gasteiger charge is -2.42. The minimum atomic E-state index is -3.90. The van der Waals surface area contributed by atoms with Crippen LogP contribution < -0.4 is 4.31 Å². The van der Waals surface area contributed by atoms with Crippen LogP contribution in [0.15, 0.2) is 78.2 Å². The highest BCUT2D eigenvalue weighted by atomic mass is 32.2. The van der Waals surface area contributed by atoms with Crippen molar-refractivity contribution in [2.75, 3.05) is 4.31 Å². The summed E-state index contributed by atoms with van der Waals surface area (Å²) in [7, 11) is -3.90. The molecule has 31 heavy (non-hydrogen) atoms. The Morgan fingerprint density at radius 1 is 1.06 bits per heavy atom. The zero-order valence-electron chi connectivity index (χ0n) is 18.2. The van der Waals surface area contributed by atoms with Crippen molar-refractivity contribution >= 4 is 21.7 Å². The van der Waals surface area contributed by atoms with Gasteiger partial charge < -0.3 is 4.74 Å². The third kappa shape index (κ3) is 3.19. The van der Waals surface area contributed by atoms with E-state index in [1.807, 2.05) is 18.2 Å². The molecule has 164 valence electrons. The monoisotopic (exact) mass is 439 g/mol. The lowest BCUT2D eigenvalue weighted by molar-refractivity contribution is -0.151. The van der Waals surface area contributed by atoms with Crippen molar-refractivity contribution in [3.8, 4) is 0 Å². The smallest absolute Gasteiger partial charge is 0.330 e. The second kappa shape index (κ2) is 7.52. The van der Waals surface area contributed by atoms with Gasteiger partial charge in [0.25, 0.3) is 10.0 Å². The maximum atomic E-state index is 14.0. The fourth-order valence-electron chi connectivity index (χ4n) is 5.67. The van der Waals surface area contributed by atoms with E-state index in [0.717, 1.165) is 18.9 Å². The molecule has 2 saturated carbocycles. The van der Waals surface area contributed by atoms with Gasteiger partial charge >= 0.3 is 5.97 Å². The molecule has 0 amide bonds. The Labute approximate surface area is 184 Å². The number of nitrogens with zero attached hydrogens (tertiary/aromatic N) is 1. The van der Waals surface area contributed by atoms with Gasteiger partial charge in [0.05, 0.1) is 16.6 Å². The Hall–Kier alpha value is -2.60. The fourth-order valence-corrected chi connectivity index (χ4v) is 7.37. The number of para-hydroxylation sites is 1. The van der Waals surface area contributed by atoms with Crippen molar-refractivity contribution in [3.05, 3.63) is 73.3 Å². The normalized spacial score (nSPS) is 28.8. The Morgan fingerprint density at radius 3 is 2.23 bits per heavy atom. The van der Waals surface area contributed by atoms with Gasteiger partial charge in [-0.3, -0.25) is 4.31 Å². The highest BCUT2D eigenvalue weighted by Gasteiger charge is 2.70. The van der Waals surface area contributed by atoms with Gasteiger partial charge in [-0.25, -0.2) is 13.2 Å². The molecule has 0 aromatic heterocycles. The summed E-state index contributed by atoms with van der Waals surface area (Å²) in [6.45, 7) is 9.99. The molecule has 0 N–H and O–H groups in total. The molecule has 2 aromatic rings. The summed E-state index contributed by atoms with van der Waals surface area (Å²) in [5.74, 6) is -0.483. The number of fused-ring (bicyclic) bond motifs is 2. The quantitative estimate of drug-likeness (QED) is 0.479. The van der Waals surface area contributed by atoms with Crippen molar-refractivity contribution in [3.63, 3.8) is 0 Å². The molecule has 2 bridgehead atoms. The molecule has 4 unspecified atom stereocenters. The molecule has 5 nitrogen and oxygen atoms in total. The topological polar surface area (TPSA) is 63.7 Å². The number of anilines is 1. The molecule has 0 saturated heterocycles. The molecule has 6 heteroatoms.